The Bertz CT molecular complexity index is 513. The van der Waals surface area contributed by atoms with Gasteiger partial charge in [0.15, 0.2) is 0 Å². The molecule has 1 unspecified atom stereocenters. The van der Waals surface area contributed by atoms with Crippen molar-refractivity contribution >= 4 is 10.9 Å². The van der Waals surface area contributed by atoms with E-state index in [4.69, 9.17) is 0 Å². The highest BCUT2D eigenvalue weighted by Gasteiger charge is 2.21. The summed E-state index contributed by atoms with van der Waals surface area (Å²) in [6.07, 6.45) is 3.98. The molecule has 2 N–H and O–H groups in total. The van der Waals surface area contributed by atoms with Crippen molar-refractivity contribution in [3.63, 3.8) is 0 Å². The fraction of sp³-hybridized carbons (Fsp3) is 0.529. The lowest BCUT2D eigenvalue weighted by molar-refractivity contribution is 0.196. The minimum absolute atomic E-state index is 0.442. The monoisotopic (exact) mass is 271 g/mol. The number of para-hydroxylation sites is 1. The van der Waals surface area contributed by atoms with Crippen LogP contribution in [-0.4, -0.2) is 36.1 Å². The number of benzene rings is 1. The zero-order chi connectivity index (χ0) is 13.8. The molecule has 0 saturated carbocycles. The van der Waals surface area contributed by atoms with Crippen LogP contribution >= 0.6 is 0 Å². The van der Waals surface area contributed by atoms with E-state index in [0.717, 1.165) is 13.1 Å². The molecular weight excluding hydrogens is 246 g/mol. The number of aromatic amines is 1. The Hall–Kier alpha value is -1.32. The van der Waals surface area contributed by atoms with Crippen molar-refractivity contribution < 1.29 is 0 Å². The molecule has 1 saturated heterocycles. The molecule has 1 atom stereocenters. The standard InChI is InChI=1S/C17H25N3/c1-2-3-6-10-20-11-9-18-17(13-20)16-12-14-7-4-5-8-15(14)19-16/h4-5,7-8,12,17-19H,2-3,6,9-11,13H2,1H3. The average Bonchev–Trinajstić information content (AvgIpc) is 2.92. The maximum absolute atomic E-state index is 3.64. The Morgan fingerprint density at radius 3 is 3.00 bits per heavy atom. The second-order valence-electron chi connectivity index (χ2n) is 5.83. The van der Waals surface area contributed by atoms with E-state index in [0.29, 0.717) is 6.04 Å². The lowest BCUT2D eigenvalue weighted by Crippen LogP contribution is -2.46. The molecule has 0 radical (unpaired) electrons. The van der Waals surface area contributed by atoms with E-state index in [1.54, 1.807) is 0 Å². The molecular formula is C17H25N3. The van der Waals surface area contributed by atoms with Crippen LogP contribution in [0.15, 0.2) is 30.3 Å². The molecule has 3 heteroatoms. The normalized spacial score (nSPS) is 20.6. The largest absolute Gasteiger partial charge is 0.357 e. The minimum Gasteiger partial charge on any atom is -0.357 e. The smallest absolute Gasteiger partial charge is 0.0602 e. The van der Waals surface area contributed by atoms with E-state index in [9.17, 15) is 0 Å². The van der Waals surface area contributed by atoms with Crippen LogP contribution in [0, 0.1) is 0 Å². The van der Waals surface area contributed by atoms with Crippen molar-refractivity contribution in [2.45, 2.75) is 32.2 Å². The first-order chi connectivity index (χ1) is 9.86. The molecule has 3 nitrogen and oxygen atoms in total. The summed E-state index contributed by atoms with van der Waals surface area (Å²) in [4.78, 5) is 6.16. The van der Waals surface area contributed by atoms with E-state index in [1.807, 2.05) is 0 Å². The molecule has 1 fully saturated rings. The summed E-state index contributed by atoms with van der Waals surface area (Å²) in [5.41, 5.74) is 2.57. The molecule has 0 amide bonds. The van der Waals surface area contributed by atoms with Crippen LogP contribution in [0.25, 0.3) is 10.9 Å². The first kappa shape index (κ1) is 13.7. The average molecular weight is 271 g/mol. The Morgan fingerprint density at radius 2 is 2.15 bits per heavy atom. The van der Waals surface area contributed by atoms with Crippen molar-refractivity contribution in [2.75, 3.05) is 26.2 Å². The predicted octanol–water partition coefficient (Wildman–Crippen LogP) is 3.30. The SMILES string of the molecule is CCCCCN1CCNC(c2cc3ccccc3[nH]2)C1. The quantitative estimate of drug-likeness (QED) is 0.818. The molecule has 0 aliphatic carbocycles. The zero-order valence-corrected chi connectivity index (χ0v) is 12.4. The summed E-state index contributed by atoms with van der Waals surface area (Å²) in [6.45, 7) is 6.90. The highest BCUT2D eigenvalue weighted by molar-refractivity contribution is 5.80. The number of fused-ring (bicyclic) bond motifs is 1. The fourth-order valence-corrected chi connectivity index (χ4v) is 3.09. The maximum atomic E-state index is 3.64. The number of aromatic nitrogens is 1. The lowest BCUT2D eigenvalue weighted by Gasteiger charge is -2.33. The number of hydrogen-bond acceptors (Lipinski definition) is 2. The number of nitrogens with zero attached hydrogens (tertiary/aromatic N) is 1. The van der Waals surface area contributed by atoms with Gasteiger partial charge in [0.25, 0.3) is 0 Å². The van der Waals surface area contributed by atoms with Gasteiger partial charge in [-0.25, -0.2) is 0 Å². The van der Waals surface area contributed by atoms with Crippen molar-refractivity contribution in [1.82, 2.24) is 15.2 Å². The van der Waals surface area contributed by atoms with Gasteiger partial charge in [-0.15, -0.1) is 0 Å². The van der Waals surface area contributed by atoms with Crippen LogP contribution in [0.5, 0.6) is 0 Å². The van der Waals surface area contributed by atoms with Crippen molar-refractivity contribution in [3.05, 3.63) is 36.0 Å². The third-order valence-electron chi connectivity index (χ3n) is 4.26. The lowest BCUT2D eigenvalue weighted by atomic mass is 10.1. The number of nitrogens with one attached hydrogen (secondary N) is 2. The number of H-pyrrole nitrogens is 1. The second-order valence-corrected chi connectivity index (χ2v) is 5.83. The van der Waals surface area contributed by atoms with Gasteiger partial charge in [0, 0.05) is 30.8 Å². The Balaban J connectivity index is 1.66. The van der Waals surface area contributed by atoms with Crippen LogP contribution in [-0.2, 0) is 0 Å². The molecule has 2 heterocycles. The fourth-order valence-electron chi connectivity index (χ4n) is 3.09. The van der Waals surface area contributed by atoms with E-state index in [1.165, 1.54) is 48.9 Å². The van der Waals surface area contributed by atoms with E-state index in [2.05, 4.69) is 52.5 Å². The predicted molar refractivity (Wildman–Crippen MR) is 85.0 cm³/mol. The number of unbranched alkanes of at least 4 members (excludes halogenated alkanes) is 2. The minimum atomic E-state index is 0.442. The summed E-state index contributed by atoms with van der Waals surface area (Å²) in [7, 11) is 0. The molecule has 20 heavy (non-hydrogen) atoms. The molecule has 0 bridgehead atoms. The topological polar surface area (TPSA) is 31.1 Å². The number of hydrogen-bond donors (Lipinski definition) is 2. The van der Waals surface area contributed by atoms with Gasteiger partial charge in [-0.3, -0.25) is 0 Å². The summed E-state index contributed by atoms with van der Waals surface area (Å²) in [5.74, 6) is 0. The first-order valence-corrected chi connectivity index (χ1v) is 7.90. The Labute approximate surface area is 121 Å². The second kappa shape index (κ2) is 6.42. The molecule has 1 aromatic heterocycles. The molecule has 108 valence electrons. The van der Waals surface area contributed by atoms with E-state index >= 15 is 0 Å². The highest BCUT2D eigenvalue weighted by atomic mass is 15.2. The molecule has 0 spiro atoms. The van der Waals surface area contributed by atoms with Gasteiger partial charge in [0.1, 0.15) is 0 Å². The summed E-state index contributed by atoms with van der Waals surface area (Å²) in [6, 6.07) is 11.3. The molecule has 1 aromatic carbocycles. The van der Waals surface area contributed by atoms with Gasteiger partial charge in [-0.2, -0.15) is 0 Å². The van der Waals surface area contributed by atoms with Crippen LogP contribution in [0.2, 0.25) is 0 Å². The summed E-state index contributed by atoms with van der Waals surface area (Å²) < 4.78 is 0. The van der Waals surface area contributed by atoms with Crippen LogP contribution in [0.1, 0.15) is 37.9 Å². The molecule has 2 aromatic rings. The third-order valence-corrected chi connectivity index (χ3v) is 4.26. The molecule has 1 aliphatic heterocycles. The summed E-state index contributed by atoms with van der Waals surface area (Å²) in [5, 5.41) is 4.96. The van der Waals surface area contributed by atoms with Gasteiger partial charge in [-0.05, 0) is 30.5 Å². The van der Waals surface area contributed by atoms with Crippen molar-refractivity contribution in [1.29, 1.82) is 0 Å². The van der Waals surface area contributed by atoms with Gasteiger partial charge in [0.2, 0.25) is 0 Å². The van der Waals surface area contributed by atoms with Crippen molar-refractivity contribution in [3.8, 4) is 0 Å². The van der Waals surface area contributed by atoms with E-state index < -0.39 is 0 Å². The van der Waals surface area contributed by atoms with Gasteiger partial charge in [0.05, 0.1) is 6.04 Å². The van der Waals surface area contributed by atoms with Crippen LogP contribution < -0.4 is 5.32 Å². The molecule has 3 rings (SSSR count). The Morgan fingerprint density at radius 1 is 1.25 bits per heavy atom. The van der Waals surface area contributed by atoms with Gasteiger partial charge >= 0.3 is 0 Å². The zero-order valence-electron chi connectivity index (χ0n) is 12.4. The van der Waals surface area contributed by atoms with Crippen LogP contribution in [0.3, 0.4) is 0 Å². The van der Waals surface area contributed by atoms with E-state index in [-0.39, 0.29) is 0 Å². The van der Waals surface area contributed by atoms with Crippen LogP contribution in [0.4, 0.5) is 0 Å². The maximum Gasteiger partial charge on any atom is 0.0602 e. The summed E-state index contributed by atoms with van der Waals surface area (Å²) >= 11 is 0. The third kappa shape index (κ3) is 3.05. The molecule has 1 aliphatic rings. The van der Waals surface area contributed by atoms with Crippen molar-refractivity contribution in [2.24, 2.45) is 0 Å². The van der Waals surface area contributed by atoms with Gasteiger partial charge in [-0.1, -0.05) is 38.0 Å². The number of piperazine rings is 1. The number of rotatable bonds is 5. The first-order valence-electron chi connectivity index (χ1n) is 7.90. The highest BCUT2D eigenvalue weighted by Crippen LogP contribution is 2.22. The van der Waals surface area contributed by atoms with Gasteiger partial charge < -0.3 is 15.2 Å². The Kier molecular flexibility index (Phi) is 4.38.